The minimum atomic E-state index is 0.308. The summed E-state index contributed by atoms with van der Waals surface area (Å²) in [4.78, 5) is 15.4. The van der Waals surface area contributed by atoms with Gasteiger partial charge in [0.2, 0.25) is 0 Å². The SMILES string of the molecule is COC1=Nc2cccc3nc(OC)nc(c23)N1c1ccccc1. The van der Waals surface area contributed by atoms with Gasteiger partial charge in [-0.25, -0.2) is 4.90 Å². The summed E-state index contributed by atoms with van der Waals surface area (Å²) in [5.74, 6) is 0.695. The first-order valence-corrected chi connectivity index (χ1v) is 7.14. The predicted octanol–water partition coefficient (Wildman–Crippen LogP) is 3.42. The first kappa shape index (κ1) is 13.5. The molecule has 0 aliphatic carbocycles. The second-order valence-electron chi connectivity index (χ2n) is 4.97. The Hall–Kier alpha value is -3.15. The van der Waals surface area contributed by atoms with Gasteiger partial charge in [-0.05, 0) is 24.3 Å². The number of aliphatic imine (C=N–C) groups is 1. The molecule has 3 aromatic rings. The van der Waals surface area contributed by atoms with Crippen LogP contribution in [-0.2, 0) is 4.74 Å². The van der Waals surface area contributed by atoms with Crippen LogP contribution in [0.5, 0.6) is 6.01 Å². The number of aromatic nitrogens is 2. The third-order valence-corrected chi connectivity index (χ3v) is 3.66. The van der Waals surface area contributed by atoms with Gasteiger partial charge >= 0.3 is 12.0 Å². The van der Waals surface area contributed by atoms with E-state index in [0.29, 0.717) is 17.9 Å². The maximum Gasteiger partial charge on any atom is 0.318 e. The van der Waals surface area contributed by atoms with Crippen LogP contribution >= 0.6 is 0 Å². The van der Waals surface area contributed by atoms with Crippen LogP contribution in [0.4, 0.5) is 17.2 Å². The van der Waals surface area contributed by atoms with Gasteiger partial charge in [0.15, 0.2) is 5.82 Å². The molecule has 114 valence electrons. The quantitative estimate of drug-likeness (QED) is 0.726. The number of amidine groups is 1. The molecule has 0 unspecified atom stereocenters. The Labute approximate surface area is 133 Å². The van der Waals surface area contributed by atoms with E-state index in [1.165, 1.54) is 0 Å². The van der Waals surface area contributed by atoms with Crippen LogP contribution in [-0.4, -0.2) is 30.2 Å². The molecule has 0 bridgehead atoms. The second-order valence-corrected chi connectivity index (χ2v) is 4.97. The van der Waals surface area contributed by atoms with Crippen LogP contribution in [0.1, 0.15) is 0 Å². The number of nitrogens with zero attached hydrogens (tertiary/aromatic N) is 4. The number of para-hydroxylation sites is 1. The summed E-state index contributed by atoms with van der Waals surface area (Å²) in [5, 5.41) is 0.873. The van der Waals surface area contributed by atoms with Crippen LogP contribution in [0.25, 0.3) is 10.9 Å². The van der Waals surface area contributed by atoms with E-state index in [1.807, 2.05) is 53.4 Å². The zero-order valence-electron chi connectivity index (χ0n) is 12.7. The van der Waals surface area contributed by atoms with E-state index in [2.05, 4.69) is 15.0 Å². The lowest BCUT2D eigenvalue weighted by Gasteiger charge is -2.28. The lowest BCUT2D eigenvalue weighted by molar-refractivity contribution is 0.380. The number of rotatable bonds is 2. The average Bonchev–Trinajstić information content (AvgIpc) is 2.62. The summed E-state index contributed by atoms with van der Waals surface area (Å²) in [5.41, 5.74) is 2.47. The molecule has 2 heterocycles. The number of hydrogen-bond donors (Lipinski definition) is 0. The number of hydrogen-bond acceptors (Lipinski definition) is 6. The van der Waals surface area contributed by atoms with Crippen molar-refractivity contribution < 1.29 is 9.47 Å². The number of benzene rings is 2. The summed E-state index contributed by atoms with van der Waals surface area (Å²) in [7, 11) is 3.15. The Balaban J connectivity index is 2.06. The molecule has 6 nitrogen and oxygen atoms in total. The summed E-state index contributed by atoms with van der Waals surface area (Å²) < 4.78 is 10.7. The van der Waals surface area contributed by atoms with E-state index in [0.717, 1.165) is 22.3 Å². The van der Waals surface area contributed by atoms with Crippen LogP contribution in [0.3, 0.4) is 0 Å². The summed E-state index contributed by atoms with van der Waals surface area (Å²) in [6, 6.07) is 16.3. The topological polar surface area (TPSA) is 59.8 Å². The molecule has 0 spiro atoms. The van der Waals surface area contributed by atoms with Crippen molar-refractivity contribution in [2.75, 3.05) is 19.1 Å². The molecule has 1 aliphatic rings. The zero-order chi connectivity index (χ0) is 15.8. The van der Waals surface area contributed by atoms with E-state index in [9.17, 15) is 0 Å². The molecule has 0 radical (unpaired) electrons. The van der Waals surface area contributed by atoms with E-state index in [1.54, 1.807) is 14.2 Å². The van der Waals surface area contributed by atoms with E-state index < -0.39 is 0 Å². The van der Waals surface area contributed by atoms with Crippen LogP contribution in [0.2, 0.25) is 0 Å². The normalized spacial score (nSPS) is 13.0. The summed E-state index contributed by atoms with van der Waals surface area (Å²) >= 11 is 0. The monoisotopic (exact) mass is 306 g/mol. The number of anilines is 2. The Morgan fingerprint density at radius 1 is 0.870 bits per heavy atom. The molecule has 6 heteroatoms. The van der Waals surface area contributed by atoms with Gasteiger partial charge in [0, 0.05) is 0 Å². The highest BCUT2D eigenvalue weighted by atomic mass is 16.5. The van der Waals surface area contributed by atoms with Gasteiger partial charge in [-0.1, -0.05) is 24.3 Å². The maximum atomic E-state index is 5.49. The van der Waals surface area contributed by atoms with Crippen LogP contribution in [0.15, 0.2) is 53.5 Å². The fourth-order valence-corrected chi connectivity index (χ4v) is 2.66. The fourth-order valence-electron chi connectivity index (χ4n) is 2.66. The number of ether oxygens (including phenoxy) is 2. The zero-order valence-corrected chi connectivity index (χ0v) is 12.7. The van der Waals surface area contributed by atoms with Gasteiger partial charge < -0.3 is 9.47 Å². The smallest absolute Gasteiger partial charge is 0.318 e. The van der Waals surface area contributed by atoms with Crippen molar-refractivity contribution in [1.82, 2.24) is 9.97 Å². The van der Waals surface area contributed by atoms with Gasteiger partial charge in [0.1, 0.15) is 0 Å². The third-order valence-electron chi connectivity index (χ3n) is 3.66. The van der Waals surface area contributed by atoms with Crippen molar-refractivity contribution in [2.45, 2.75) is 0 Å². The standard InChI is InChI=1S/C17H14N4O2/c1-22-16-18-12-9-6-10-13-14(12)15(20-16)21(17(19-13)23-2)11-7-4-3-5-8-11/h3-10H,1-2H3. The van der Waals surface area contributed by atoms with E-state index in [4.69, 9.17) is 9.47 Å². The Bertz CT molecular complexity index is 909. The Kier molecular flexibility index (Phi) is 3.08. The molecule has 0 atom stereocenters. The first-order valence-electron chi connectivity index (χ1n) is 7.14. The number of methoxy groups -OCH3 is 2. The summed E-state index contributed by atoms with van der Waals surface area (Å²) in [6.45, 7) is 0. The highest BCUT2D eigenvalue weighted by Gasteiger charge is 2.28. The minimum absolute atomic E-state index is 0.308. The van der Waals surface area contributed by atoms with Crippen molar-refractivity contribution >= 4 is 34.1 Å². The second kappa shape index (κ2) is 5.24. The summed E-state index contributed by atoms with van der Waals surface area (Å²) in [6.07, 6.45) is 0. The molecule has 23 heavy (non-hydrogen) atoms. The molecule has 2 aromatic carbocycles. The van der Waals surface area contributed by atoms with Crippen molar-refractivity contribution in [2.24, 2.45) is 4.99 Å². The van der Waals surface area contributed by atoms with Gasteiger partial charge in [-0.3, -0.25) is 0 Å². The maximum absolute atomic E-state index is 5.49. The molecule has 1 aliphatic heterocycles. The van der Waals surface area contributed by atoms with Crippen molar-refractivity contribution in [3.05, 3.63) is 48.5 Å². The molecule has 0 N–H and O–H groups in total. The fraction of sp³-hybridized carbons (Fsp3) is 0.118. The molecular formula is C17H14N4O2. The molecule has 1 aromatic heterocycles. The van der Waals surface area contributed by atoms with Gasteiger partial charge in [-0.2, -0.15) is 15.0 Å². The van der Waals surface area contributed by atoms with E-state index >= 15 is 0 Å². The van der Waals surface area contributed by atoms with Crippen LogP contribution < -0.4 is 9.64 Å². The third kappa shape index (κ3) is 2.07. The highest BCUT2D eigenvalue weighted by Crippen LogP contribution is 2.40. The average molecular weight is 306 g/mol. The molecule has 0 saturated carbocycles. The molecule has 0 fully saturated rings. The largest absolute Gasteiger partial charge is 0.468 e. The Morgan fingerprint density at radius 3 is 2.43 bits per heavy atom. The first-order chi connectivity index (χ1) is 11.3. The van der Waals surface area contributed by atoms with E-state index in [-0.39, 0.29) is 0 Å². The van der Waals surface area contributed by atoms with Crippen molar-refractivity contribution in [1.29, 1.82) is 0 Å². The molecular weight excluding hydrogens is 292 g/mol. The minimum Gasteiger partial charge on any atom is -0.468 e. The molecule has 0 amide bonds. The Morgan fingerprint density at radius 2 is 1.70 bits per heavy atom. The van der Waals surface area contributed by atoms with Crippen LogP contribution in [0, 0.1) is 0 Å². The van der Waals surface area contributed by atoms with Gasteiger partial charge in [-0.15, -0.1) is 0 Å². The van der Waals surface area contributed by atoms with Crippen molar-refractivity contribution in [3.63, 3.8) is 0 Å². The molecule has 0 saturated heterocycles. The predicted molar refractivity (Wildman–Crippen MR) is 88.8 cm³/mol. The lowest BCUT2D eigenvalue weighted by atomic mass is 10.1. The highest BCUT2D eigenvalue weighted by molar-refractivity contribution is 6.13. The lowest BCUT2D eigenvalue weighted by Crippen LogP contribution is -2.30. The van der Waals surface area contributed by atoms with Gasteiger partial charge in [0.25, 0.3) is 0 Å². The van der Waals surface area contributed by atoms with Crippen molar-refractivity contribution in [3.8, 4) is 6.01 Å². The van der Waals surface area contributed by atoms with Gasteiger partial charge in [0.05, 0.1) is 36.5 Å². The molecule has 4 rings (SSSR count).